The van der Waals surface area contributed by atoms with Gasteiger partial charge >= 0.3 is 0 Å². The van der Waals surface area contributed by atoms with E-state index in [0.29, 0.717) is 11.0 Å². The van der Waals surface area contributed by atoms with Gasteiger partial charge in [-0.25, -0.2) is 4.98 Å². The fourth-order valence-corrected chi connectivity index (χ4v) is 2.62. The summed E-state index contributed by atoms with van der Waals surface area (Å²) < 4.78 is 0. The summed E-state index contributed by atoms with van der Waals surface area (Å²) in [5.74, 6) is 0.613. The van der Waals surface area contributed by atoms with Gasteiger partial charge in [0.1, 0.15) is 0 Å². The van der Waals surface area contributed by atoms with Gasteiger partial charge < -0.3 is 11.1 Å². The SMILES string of the molecule is NC(=O)c1nc[pH]c1NC(=S)NC(=O)c1ccccc1. The summed E-state index contributed by atoms with van der Waals surface area (Å²) in [5.41, 5.74) is 6.32. The molecule has 20 heavy (non-hydrogen) atoms. The van der Waals surface area contributed by atoms with Crippen LogP contribution < -0.4 is 16.4 Å². The minimum absolute atomic E-state index is 0.102. The van der Waals surface area contributed by atoms with Crippen molar-refractivity contribution in [3.63, 3.8) is 0 Å². The zero-order valence-corrected chi connectivity index (χ0v) is 12.0. The number of nitrogens with two attached hydrogens (primary N) is 1. The normalized spacial score (nSPS) is 10.2. The lowest BCUT2D eigenvalue weighted by Gasteiger charge is -2.08. The first-order chi connectivity index (χ1) is 9.58. The van der Waals surface area contributed by atoms with E-state index in [9.17, 15) is 9.59 Å². The van der Waals surface area contributed by atoms with Crippen molar-refractivity contribution in [3.8, 4) is 0 Å². The number of hydrogen-bond donors (Lipinski definition) is 3. The molecule has 0 aliphatic rings. The van der Waals surface area contributed by atoms with Gasteiger partial charge in [-0.2, -0.15) is 0 Å². The Morgan fingerprint density at radius 3 is 2.60 bits per heavy atom. The molecule has 1 aromatic carbocycles. The summed E-state index contributed by atoms with van der Waals surface area (Å²) in [6.07, 6.45) is 0. The second-order valence-electron chi connectivity index (χ2n) is 3.76. The second-order valence-corrected chi connectivity index (χ2v) is 5.22. The Morgan fingerprint density at radius 2 is 1.95 bits per heavy atom. The van der Waals surface area contributed by atoms with Gasteiger partial charge in [0.15, 0.2) is 10.8 Å². The van der Waals surface area contributed by atoms with Gasteiger partial charge in [-0.05, 0) is 24.4 Å². The number of nitrogens with one attached hydrogen (secondary N) is 2. The quantitative estimate of drug-likeness (QED) is 0.744. The van der Waals surface area contributed by atoms with Crippen LogP contribution in [0.15, 0.2) is 36.3 Å². The smallest absolute Gasteiger partial charge is 0.269 e. The molecule has 2 amide bonds. The van der Waals surface area contributed by atoms with Crippen LogP contribution in [0.2, 0.25) is 0 Å². The fraction of sp³-hybridized carbons (Fsp3) is 0. The van der Waals surface area contributed by atoms with Crippen molar-refractivity contribution < 1.29 is 9.59 Å². The molecule has 4 N–H and O–H groups in total. The molecule has 2 rings (SSSR count). The van der Waals surface area contributed by atoms with E-state index < -0.39 is 5.91 Å². The third kappa shape index (κ3) is 3.40. The van der Waals surface area contributed by atoms with E-state index in [0.717, 1.165) is 0 Å². The maximum absolute atomic E-state index is 11.9. The number of nitrogens with zero attached hydrogens (tertiary/aromatic N) is 1. The monoisotopic (exact) mass is 306 g/mol. The van der Waals surface area contributed by atoms with Crippen LogP contribution in [0, 0.1) is 0 Å². The standard InChI is InChI=1S/C12H11N4O2PS/c13-9(17)8-11(19-6-14-8)16-12(20)15-10(18)7-4-2-1-3-5-7/h1-6,19H,(H2,13,17)(H2,15,16,18,20). The van der Waals surface area contributed by atoms with Gasteiger partial charge in [-0.3, -0.25) is 14.9 Å². The highest BCUT2D eigenvalue weighted by Gasteiger charge is 2.13. The summed E-state index contributed by atoms with van der Waals surface area (Å²) in [6, 6.07) is 8.67. The average molecular weight is 306 g/mol. The van der Waals surface area contributed by atoms with Crippen molar-refractivity contribution in [1.29, 1.82) is 0 Å². The molecule has 0 fully saturated rings. The molecule has 6 nitrogen and oxygen atoms in total. The number of aromatic nitrogens is 1. The van der Waals surface area contributed by atoms with Crippen LogP contribution in [-0.4, -0.2) is 21.9 Å². The number of thiocarbonyl (C=S) groups is 1. The molecule has 0 saturated carbocycles. The Hall–Kier alpha value is -2.24. The molecular weight excluding hydrogens is 295 g/mol. The molecule has 8 heteroatoms. The number of anilines is 1. The van der Waals surface area contributed by atoms with Crippen molar-refractivity contribution in [3.05, 3.63) is 47.5 Å². The van der Waals surface area contributed by atoms with Gasteiger partial charge in [0.05, 0.1) is 5.42 Å². The Labute approximate surface area is 121 Å². The first-order valence-corrected chi connectivity index (χ1v) is 7.07. The third-order valence-corrected chi connectivity index (χ3v) is 3.49. The van der Waals surface area contributed by atoms with Crippen LogP contribution >= 0.6 is 20.4 Å². The molecule has 0 radical (unpaired) electrons. The summed E-state index contributed by atoms with van der Waals surface area (Å²) in [7, 11) is 0.166. The summed E-state index contributed by atoms with van der Waals surface area (Å²) in [5, 5.41) is 5.41. The molecule has 0 spiro atoms. The highest BCUT2D eigenvalue weighted by atomic mass is 32.1. The van der Waals surface area contributed by atoms with Crippen molar-refractivity contribution in [2.45, 2.75) is 0 Å². The minimum Gasteiger partial charge on any atom is -0.364 e. The minimum atomic E-state index is -0.633. The third-order valence-electron chi connectivity index (χ3n) is 2.37. The Morgan fingerprint density at radius 1 is 1.25 bits per heavy atom. The van der Waals surface area contributed by atoms with Crippen LogP contribution in [0.1, 0.15) is 20.8 Å². The summed E-state index contributed by atoms with van der Waals surface area (Å²) >= 11 is 5.03. The molecule has 0 aliphatic heterocycles. The first-order valence-electron chi connectivity index (χ1n) is 5.58. The predicted molar refractivity (Wildman–Crippen MR) is 82.4 cm³/mol. The molecule has 1 atom stereocenters. The lowest BCUT2D eigenvalue weighted by Crippen LogP contribution is -2.34. The number of benzene rings is 1. The van der Waals surface area contributed by atoms with E-state index in [4.69, 9.17) is 18.0 Å². The molecule has 0 saturated heterocycles. The van der Waals surface area contributed by atoms with Crippen molar-refractivity contribution >= 4 is 42.8 Å². The maximum Gasteiger partial charge on any atom is 0.269 e. The van der Waals surface area contributed by atoms with E-state index in [1.165, 1.54) is 0 Å². The summed E-state index contributed by atoms with van der Waals surface area (Å²) in [4.78, 5) is 26.9. The van der Waals surface area contributed by atoms with Crippen molar-refractivity contribution in [2.75, 3.05) is 5.32 Å². The van der Waals surface area contributed by atoms with E-state index in [-0.39, 0.29) is 24.9 Å². The molecule has 1 aromatic heterocycles. The lowest BCUT2D eigenvalue weighted by molar-refractivity contribution is 0.0975. The Bertz CT molecular complexity index is 656. The predicted octanol–water partition coefficient (Wildman–Crippen LogP) is 1.34. The fourth-order valence-electron chi connectivity index (χ4n) is 1.49. The Kier molecular flexibility index (Phi) is 4.45. The van der Waals surface area contributed by atoms with Crippen LogP contribution in [0.3, 0.4) is 0 Å². The average Bonchev–Trinajstić information content (AvgIpc) is 2.87. The molecule has 2 aromatic rings. The highest BCUT2D eigenvalue weighted by Crippen LogP contribution is 2.24. The zero-order chi connectivity index (χ0) is 14.5. The van der Waals surface area contributed by atoms with E-state index >= 15 is 0 Å². The van der Waals surface area contributed by atoms with Gasteiger partial charge in [0.2, 0.25) is 0 Å². The van der Waals surface area contributed by atoms with Gasteiger partial charge in [0, 0.05) is 11.5 Å². The number of hydrogen-bond acceptors (Lipinski definition) is 4. The van der Waals surface area contributed by atoms with Crippen molar-refractivity contribution in [2.24, 2.45) is 5.73 Å². The van der Waals surface area contributed by atoms with E-state index in [1.807, 2.05) is 6.07 Å². The number of primary amides is 1. The van der Waals surface area contributed by atoms with Crippen molar-refractivity contribution in [1.82, 2.24) is 10.3 Å². The largest absolute Gasteiger partial charge is 0.364 e. The second kappa shape index (κ2) is 6.27. The highest BCUT2D eigenvalue weighted by molar-refractivity contribution is 7.80. The maximum atomic E-state index is 11.9. The van der Waals surface area contributed by atoms with E-state index in [2.05, 4.69) is 15.6 Å². The van der Waals surface area contributed by atoms with Gasteiger partial charge in [0.25, 0.3) is 11.8 Å². The first kappa shape index (κ1) is 14.2. The molecule has 0 bridgehead atoms. The molecule has 102 valence electrons. The number of carbonyl (C=O) groups is 2. The van der Waals surface area contributed by atoms with Crippen LogP contribution in [0.5, 0.6) is 0 Å². The van der Waals surface area contributed by atoms with Crippen LogP contribution in [0.4, 0.5) is 5.42 Å². The number of rotatable bonds is 3. The molecule has 0 aliphatic carbocycles. The van der Waals surface area contributed by atoms with Crippen LogP contribution in [0.25, 0.3) is 0 Å². The molecule has 1 heterocycles. The number of amides is 2. The lowest BCUT2D eigenvalue weighted by atomic mass is 10.2. The number of carbonyl (C=O) groups excluding carboxylic acids is 2. The molecular formula is C12H11N4O2PS. The Balaban J connectivity index is 2.01. The van der Waals surface area contributed by atoms with Crippen LogP contribution in [-0.2, 0) is 0 Å². The topological polar surface area (TPSA) is 97.1 Å². The van der Waals surface area contributed by atoms with Gasteiger partial charge in [-0.15, -0.1) is 0 Å². The zero-order valence-electron chi connectivity index (χ0n) is 10.2. The van der Waals surface area contributed by atoms with Gasteiger partial charge in [-0.1, -0.05) is 26.4 Å². The summed E-state index contributed by atoms with van der Waals surface area (Å²) in [6.45, 7) is 0. The van der Waals surface area contributed by atoms with E-state index in [1.54, 1.807) is 30.2 Å². The molecule has 1 unspecified atom stereocenters.